The molecule has 8 nitrogen and oxygen atoms in total. The van der Waals surface area contributed by atoms with Crippen molar-refractivity contribution < 1.29 is 9.66 Å². The Hall–Kier alpha value is -2.39. The van der Waals surface area contributed by atoms with Crippen molar-refractivity contribution in [2.75, 3.05) is 7.11 Å². The number of rotatable bonds is 4. The highest BCUT2D eigenvalue weighted by molar-refractivity contribution is 7.19. The average Bonchev–Trinajstić information content (AvgIpc) is 3.00. The molecule has 0 saturated carbocycles. The summed E-state index contributed by atoms with van der Waals surface area (Å²) in [5, 5.41) is 24.0. The number of benzene rings is 1. The monoisotopic (exact) mass is 305 g/mol. The third-order valence-corrected chi connectivity index (χ3v) is 3.92. The van der Waals surface area contributed by atoms with Crippen LogP contribution in [0, 0.1) is 17.0 Å². The van der Waals surface area contributed by atoms with Crippen molar-refractivity contribution in [3.8, 4) is 10.6 Å². The van der Waals surface area contributed by atoms with E-state index in [9.17, 15) is 10.1 Å². The van der Waals surface area contributed by atoms with E-state index in [0.717, 1.165) is 10.6 Å². The van der Waals surface area contributed by atoms with Gasteiger partial charge < -0.3 is 4.74 Å². The van der Waals surface area contributed by atoms with Crippen molar-refractivity contribution in [2.45, 2.75) is 13.5 Å². The van der Waals surface area contributed by atoms with Gasteiger partial charge in [-0.3, -0.25) is 10.1 Å². The van der Waals surface area contributed by atoms with Crippen LogP contribution >= 0.6 is 11.3 Å². The second-order valence-corrected chi connectivity index (χ2v) is 5.37. The molecule has 0 aliphatic carbocycles. The quantitative estimate of drug-likeness (QED) is 0.541. The number of nitro groups is 1. The third-order valence-electron chi connectivity index (χ3n) is 2.97. The molecule has 3 aromatic rings. The van der Waals surface area contributed by atoms with Crippen molar-refractivity contribution in [2.24, 2.45) is 0 Å². The van der Waals surface area contributed by atoms with E-state index in [1.807, 2.05) is 0 Å². The summed E-state index contributed by atoms with van der Waals surface area (Å²) in [5.41, 5.74) is 1.51. The van der Waals surface area contributed by atoms with Crippen molar-refractivity contribution in [3.63, 3.8) is 0 Å². The lowest BCUT2D eigenvalue weighted by molar-refractivity contribution is -0.385. The Morgan fingerprint density at radius 1 is 1.43 bits per heavy atom. The Kier molecular flexibility index (Phi) is 3.35. The number of nitrogens with zero attached hydrogens (tertiary/aromatic N) is 5. The van der Waals surface area contributed by atoms with Crippen LogP contribution in [0.5, 0.6) is 0 Å². The van der Waals surface area contributed by atoms with E-state index in [1.54, 1.807) is 30.7 Å². The molecule has 0 amide bonds. The topological polar surface area (TPSA) is 95.5 Å². The van der Waals surface area contributed by atoms with Gasteiger partial charge in [-0.1, -0.05) is 11.3 Å². The van der Waals surface area contributed by atoms with Gasteiger partial charge in [-0.2, -0.15) is 9.61 Å². The van der Waals surface area contributed by atoms with Gasteiger partial charge in [0.25, 0.3) is 5.69 Å². The lowest BCUT2D eigenvalue weighted by Crippen LogP contribution is -1.97. The van der Waals surface area contributed by atoms with Crippen LogP contribution in [0.1, 0.15) is 11.4 Å². The van der Waals surface area contributed by atoms with Gasteiger partial charge in [-0.15, -0.1) is 10.2 Å². The molecule has 0 fully saturated rings. The lowest BCUT2D eigenvalue weighted by Gasteiger charge is -1.99. The smallest absolute Gasteiger partial charge is 0.272 e. The van der Waals surface area contributed by atoms with Crippen molar-refractivity contribution in [3.05, 3.63) is 39.7 Å². The maximum absolute atomic E-state index is 10.8. The van der Waals surface area contributed by atoms with Crippen LogP contribution in [0.15, 0.2) is 18.2 Å². The summed E-state index contributed by atoms with van der Waals surface area (Å²) in [7, 11) is 1.58. The van der Waals surface area contributed by atoms with Crippen molar-refractivity contribution in [1.82, 2.24) is 19.8 Å². The second-order valence-electron chi connectivity index (χ2n) is 4.41. The first kappa shape index (κ1) is 13.6. The van der Waals surface area contributed by atoms with Crippen molar-refractivity contribution >= 4 is 22.0 Å². The van der Waals surface area contributed by atoms with Gasteiger partial charge in [0, 0.05) is 24.3 Å². The summed E-state index contributed by atoms with van der Waals surface area (Å²) < 4.78 is 6.66. The SMILES string of the molecule is COCc1nnc2sc(-c3ccc([N+](=O)[O-])c(C)c3)nn12. The van der Waals surface area contributed by atoms with Crippen LogP contribution in [-0.2, 0) is 11.3 Å². The number of fused-ring (bicyclic) bond motifs is 1. The van der Waals surface area contributed by atoms with Crippen LogP contribution in [0.25, 0.3) is 15.5 Å². The Bertz CT molecular complexity index is 826. The standard InChI is InChI=1S/C12H11N5O3S/c1-7-5-8(3-4-9(7)17(18)19)11-15-16-10(6-20-2)13-14-12(16)21-11/h3-5H,6H2,1-2H3. The minimum Gasteiger partial charge on any atom is -0.377 e. The molecule has 0 bridgehead atoms. The predicted octanol–water partition coefficient (Wildman–Crippen LogP) is 2.22. The fraction of sp³-hybridized carbons (Fsp3) is 0.250. The minimum absolute atomic E-state index is 0.0989. The van der Waals surface area contributed by atoms with E-state index in [2.05, 4.69) is 15.3 Å². The Labute approximate surface area is 123 Å². The summed E-state index contributed by atoms with van der Waals surface area (Å²) in [6, 6.07) is 4.93. The number of aryl methyl sites for hydroxylation is 1. The number of ether oxygens (including phenoxy) is 1. The molecule has 0 radical (unpaired) electrons. The summed E-state index contributed by atoms with van der Waals surface area (Å²) in [6.45, 7) is 2.03. The molecule has 0 saturated heterocycles. The minimum atomic E-state index is -0.394. The Morgan fingerprint density at radius 2 is 2.24 bits per heavy atom. The molecule has 0 spiro atoms. The van der Waals surface area contributed by atoms with Gasteiger partial charge in [0.2, 0.25) is 4.96 Å². The second kappa shape index (κ2) is 5.19. The van der Waals surface area contributed by atoms with Crippen LogP contribution < -0.4 is 0 Å². The van der Waals surface area contributed by atoms with Crippen LogP contribution in [-0.4, -0.2) is 31.8 Å². The highest BCUT2D eigenvalue weighted by Crippen LogP contribution is 2.29. The van der Waals surface area contributed by atoms with E-state index in [-0.39, 0.29) is 5.69 Å². The molecule has 2 aromatic heterocycles. The van der Waals surface area contributed by atoms with E-state index in [0.29, 0.717) is 23.0 Å². The molecular weight excluding hydrogens is 294 g/mol. The van der Waals surface area contributed by atoms with Gasteiger partial charge in [0.1, 0.15) is 11.6 Å². The fourth-order valence-corrected chi connectivity index (χ4v) is 2.84. The lowest BCUT2D eigenvalue weighted by atomic mass is 10.1. The zero-order valence-electron chi connectivity index (χ0n) is 11.3. The van der Waals surface area contributed by atoms with Gasteiger partial charge >= 0.3 is 0 Å². The Balaban J connectivity index is 2.04. The first-order chi connectivity index (χ1) is 10.1. The summed E-state index contributed by atoms with van der Waals surface area (Å²) >= 11 is 1.37. The van der Waals surface area contributed by atoms with Gasteiger partial charge in [0.05, 0.1) is 4.92 Å². The van der Waals surface area contributed by atoms with Gasteiger partial charge in [0.15, 0.2) is 5.82 Å². The van der Waals surface area contributed by atoms with E-state index in [1.165, 1.54) is 17.4 Å². The number of methoxy groups -OCH3 is 1. The zero-order valence-corrected chi connectivity index (χ0v) is 12.1. The highest BCUT2D eigenvalue weighted by atomic mass is 32.1. The van der Waals surface area contributed by atoms with E-state index in [4.69, 9.17) is 4.74 Å². The van der Waals surface area contributed by atoms with Crippen LogP contribution in [0.4, 0.5) is 5.69 Å². The first-order valence-corrected chi connectivity index (χ1v) is 6.87. The molecule has 0 N–H and O–H groups in total. The van der Waals surface area contributed by atoms with Crippen LogP contribution in [0.2, 0.25) is 0 Å². The molecular formula is C12H11N5O3S. The molecule has 21 heavy (non-hydrogen) atoms. The van der Waals surface area contributed by atoms with Crippen molar-refractivity contribution in [1.29, 1.82) is 0 Å². The number of aromatic nitrogens is 4. The summed E-state index contributed by atoms with van der Waals surface area (Å²) in [5.74, 6) is 0.619. The largest absolute Gasteiger partial charge is 0.377 e. The number of nitro benzene ring substituents is 1. The molecule has 9 heteroatoms. The van der Waals surface area contributed by atoms with Gasteiger partial charge in [-0.05, 0) is 19.1 Å². The number of hydrogen-bond acceptors (Lipinski definition) is 7. The zero-order chi connectivity index (χ0) is 15.0. The molecule has 0 aliphatic heterocycles. The molecule has 2 heterocycles. The van der Waals surface area contributed by atoms with Crippen LogP contribution in [0.3, 0.4) is 0 Å². The molecule has 1 aromatic carbocycles. The summed E-state index contributed by atoms with van der Waals surface area (Å²) in [4.78, 5) is 11.1. The normalized spacial score (nSPS) is 11.1. The van der Waals surface area contributed by atoms with Gasteiger partial charge in [-0.25, -0.2) is 0 Å². The first-order valence-electron chi connectivity index (χ1n) is 6.05. The predicted molar refractivity (Wildman–Crippen MR) is 76.2 cm³/mol. The third kappa shape index (κ3) is 2.36. The van der Waals surface area contributed by atoms with E-state index >= 15 is 0 Å². The van der Waals surface area contributed by atoms with E-state index < -0.39 is 4.92 Å². The summed E-state index contributed by atoms with van der Waals surface area (Å²) in [6.07, 6.45) is 0. The molecule has 0 atom stereocenters. The highest BCUT2D eigenvalue weighted by Gasteiger charge is 2.15. The Morgan fingerprint density at radius 3 is 2.90 bits per heavy atom. The number of hydrogen-bond donors (Lipinski definition) is 0. The molecule has 0 unspecified atom stereocenters. The molecule has 108 valence electrons. The maximum atomic E-state index is 10.8. The fourth-order valence-electron chi connectivity index (χ4n) is 1.99. The molecule has 0 aliphatic rings. The maximum Gasteiger partial charge on any atom is 0.272 e. The molecule has 3 rings (SSSR count). The average molecular weight is 305 g/mol.